The molecule has 0 spiro atoms. The number of benzene rings is 2. The molecule has 1 amide bonds. The van der Waals surface area contributed by atoms with E-state index in [1.165, 1.54) is 35.4 Å². The van der Waals surface area contributed by atoms with Crippen LogP contribution in [-0.4, -0.2) is 16.8 Å². The molecular formula is C26H24FNO4. The summed E-state index contributed by atoms with van der Waals surface area (Å²) in [6.07, 6.45) is 1.44. The molecule has 1 aliphatic heterocycles. The van der Waals surface area contributed by atoms with E-state index in [0.717, 1.165) is 11.1 Å². The van der Waals surface area contributed by atoms with Crippen LogP contribution in [0.4, 0.5) is 10.1 Å². The molecule has 164 valence electrons. The van der Waals surface area contributed by atoms with Crippen molar-refractivity contribution in [3.63, 3.8) is 0 Å². The molecule has 1 aromatic heterocycles. The first-order valence-electron chi connectivity index (χ1n) is 10.3. The Morgan fingerprint density at radius 1 is 1.06 bits per heavy atom. The average molecular weight is 433 g/mol. The van der Waals surface area contributed by atoms with Crippen LogP contribution in [0.25, 0.3) is 5.76 Å². The zero-order valence-corrected chi connectivity index (χ0v) is 18.3. The number of halogens is 1. The van der Waals surface area contributed by atoms with E-state index < -0.39 is 23.5 Å². The van der Waals surface area contributed by atoms with Gasteiger partial charge < -0.3 is 9.52 Å². The van der Waals surface area contributed by atoms with Gasteiger partial charge in [0, 0.05) is 11.3 Å². The van der Waals surface area contributed by atoms with Gasteiger partial charge in [-0.1, -0.05) is 32.9 Å². The second-order valence-electron chi connectivity index (χ2n) is 8.94. The lowest BCUT2D eigenvalue weighted by Crippen LogP contribution is -2.29. The summed E-state index contributed by atoms with van der Waals surface area (Å²) in [7, 11) is 0. The van der Waals surface area contributed by atoms with E-state index in [1.807, 2.05) is 25.1 Å². The van der Waals surface area contributed by atoms with Crippen LogP contribution in [0.5, 0.6) is 0 Å². The lowest BCUT2D eigenvalue weighted by molar-refractivity contribution is -0.132. The third-order valence-corrected chi connectivity index (χ3v) is 5.72. The number of aliphatic hydroxyl groups is 1. The molecule has 1 N–H and O–H groups in total. The Bertz CT molecular complexity index is 1220. The number of amides is 1. The quantitative estimate of drug-likeness (QED) is 0.329. The molecule has 1 aliphatic rings. The van der Waals surface area contributed by atoms with E-state index in [9.17, 15) is 19.1 Å². The standard InChI is InChI=1S/C26H24FNO4/c1-15-7-8-16(26(2,3)4)14-19(15)23(29)21-22(20-6-5-13-32-20)28(25(31)24(21)30)18-11-9-17(27)10-12-18/h5-14,22,29H,1-4H3/b23-21+. The highest BCUT2D eigenvalue weighted by atomic mass is 19.1. The fourth-order valence-electron chi connectivity index (χ4n) is 3.91. The summed E-state index contributed by atoms with van der Waals surface area (Å²) in [4.78, 5) is 27.4. The first kappa shape index (κ1) is 21.6. The van der Waals surface area contributed by atoms with Gasteiger partial charge in [0.2, 0.25) is 0 Å². The van der Waals surface area contributed by atoms with Gasteiger partial charge in [0.05, 0.1) is 11.8 Å². The number of aryl methyl sites for hydroxylation is 1. The minimum Gasteiger partial charge on any atom is -0.507 e. The lowest BCUT2D eigenvalue weighted by Gasteiger charge is -2.24. The third kappa shape index (κ3) is 3.62. The molecule has 1 saturated heterocycles. The highest BCUT2D eigenvalue weighted by molar-refractivity contribution is 6.51. The zero-order valence-electron chi connectivity index (χ0n) is 18.3. The smallest absolute Gasteiger partial charge is 0.300 e. The Morgan fingerprint density at radius 2 is 1.75 bits per heavy atom. The molecule has 2 aromatic carbocycles. The fourth-order valence-corrected chi connectivity index (χ4v) is 3.91. The van der Waals surface area contributed by atoms with E-state index in [-0.39, 0.29) is 16.7 Å². The number of Topliss-reactive ketones (excluding diaryl/α,β-unsaturated/α-hetero) is 1. The minimum atomic E-state index is -0.979. The van der Waals surface area contributed by atoms with E-state index in [2.05, 4.69) is 20.8 Å². The maximum atomic E-state index is 13.5. The average Bonchev–Trinajstić information content (AvgIpc) is 3.35. The van der Waals surface area contributed by atoms with Crippen molar-refractivity contribution in [3.8, 4) is 0 Å². The van der Waals surface area contributed by atoms with Gasteiger partial charge in [0.1, 0.15) is 23.4 Å². The molecule has 3 aromatic rings. The molecule has 4 rings (SSSR count). The Hall–Kier alpha value is -3.67. The maximum absolute atomic E-state index is 13.5. The molecule has 0 bridgehead atoms. The van der Waals surface area contributed by atoms with Crippen molar-refractivity contribution in [1.82, 2.24) is 0 Å². The van der Waals surface area contributed by atoms with Gasteiger partial charge in [-0.15, -0.1) is 0 Å². The number of carbonyl (C=O) groups excluding carboxylic acids is 2. The van der Waals surface area contributed by atoms with Gasteiger partial charge in [-0.3, -0.25) is 14.5 Å². The first-order chi connectivity index (χ1) is 15.1. The van der Waals surface area contributed by atoms with E-state index >= 15 is 0 Å². The van der Waals surface area contributed by atoms with Crippen molar-refractivity contribution in [2.24, 2.45) is 0 Å². The SMILES string of the molecule is Cc1ccc(C(C)(C)C)cc1/C(O)=C1\C(=O)C(=O)N(c2ccc(F)cc2)C1c1ccco1. The molecule has 2 heterocycles. The summed E-state index contributed by atoms with van der Waals surface area (Å²) < 4.78 is 19.0. The van der Waals surface area contributed by atoms with E-state index in [1.54, 1.807) is 12.1 Å². The van der Waals surface area contributed by atoms with Crippen molar-refractivity contribution >= 4 is 23.1 Å². The number of furan rings is 1. The van der Waals surface area contributed by atoms with Crippen molar-refractivity contribution in [3.05, 3.63) is 94.7 Å². The number of anilines is 1. The lowest BCUT2D eigenvalue weighted by atomic mass is 9.84. The summed E-state index contributed by atoms with van der Waals surface area (Å²) >= 11 is 0. The van der Waals surface area contributed by atoms with Crippen LogP contribution in [0, 0.1) is 12.7 Å². The Balaban J connectivity index is 1.94. The zero-order chi connectivity index (χ0) is 23.2. The number of hydrogen-bond donors (Lipinski definition) is 1. The summed E-state index contributed by atoms with van der Waals surface area (Å²) in [6, 6.07) is 13.3. The van der Waals surface area contributed by atoms with Crippen LogP contribution in [0.1, 0.15) is 49.3 Å². The Labute approximate surface area is 185 Å². The van der Waals surface area contributed by atoms with Crippen LogP contribution in [0.2, 0.25) is 0 Å². The Morgan fingerprint density at radius 3 is 2.34 bits per heavy atom. The number of hydrogen-bond acceptors (Lipinski definition) is 4. The molecular weight excluding hydrogens is 409 g/mol. The number of nitrogens with zero attached hydrogens (tertiary/aromatic N) is 1. The topological polar surface area (TPSA) is 70.8 Å². The number of rotatable bonds is 3. The van der Waals surface area contributed by atoms with Gasteiger partial charge in [0.15, 0.2) is 0 Å². The predicted octanol–water partition coefficient (Wildman–Crippen LogP) is 5.65. The number of ketones is 1. The largest absolute Gasteiger partial charge is 0.507 e. The molecule has 6 heteroatoms. The van der Waals surface area contributed by atoms with E-state index in [4.69, 9.17) is 4.42 Å². The van der Waals surface area contributed by atoms with Crippen LogP contribution in [0.15, 0.2) is 70.9 Å². The van der Waals surface area contributed by atoms with Gasteiger partial charge in [-0.2, -0.15) is 0 Å². The van der Waals surface area contributed by atoms with Gasteiger partial charge in [0.25, 0.3) is 11.7 Å². The molecule has 32 heavy (non-hydrogen) atoms. The summed E-state index contributed by atoms with van der Waals surface area (Å²) in [5, 5.41) is 11.3. The second kappa shape index (κ2) is 7.79. The van der Waals surface area contributed by atoms with Gasteiger partial charge in [-0.05, 0) is 65.9 Å². The second-order valence-corrected chi connectivity index (χ2v) is 8.94. The Kier molecular flexibility index (Phi) is 5.25. The van der Waals surface area contributed by atoms with Crippen LogP contribution < -0.4 is 4.90 Å². The molecule has 0 aliphatic carbocycles. The highest BCUT2D eigenvalue weighted by Gasteiger charge is 2.48. The monoisotopic (exact) mass is 433 g/mol. The third-order valence-electron chi connectivity index (χ3n) is 5.72. The maximum Gasteiger partial charge on any atom is 0.300 e. The number of carbonyl (C=O) groups is 2. The van der Waals surface area contributed by atoms with Crippen LogP contribution in [-0.2, 0) is 15.0 Å². The predicted molar refractivity (Wildman–Crippen MR) is 120 cm³/mol. The molecule has 5 nitrogen and oxygen atoms in total. The van der Waals surface area contributed by atoms with Gasteiger partial charge in [-0.25, -0.2) is 4.39 Å². The molecule has 1 unspecified atom stereocenters. The van der Waals surface area contributed by atoms with Crippen molar-refractivity contribution < 1.29 is 23.5 Å². The van der Waals surface area contributed by atoms with Crippen LogP contribution in [0.3, 0.4) is 0 Å². The van der Waals surface area contributed by atoms with Crippen molar-refractivity contribution in [2.45, 2.75) is 39.2 Å². The summed E-state index contributed by atoms with van der Waals surface area (Å²) in [5.74, 6) is -2.05. The van der Waals surface area contributed by atoms with E-state index in [0.29, 0.717) is 17.0 Å². The minimum absolute atomic E-state index is 0.0663. The summed E-state index contributed by atoms with van der Waals surface area (Å²) in [6.45, 7) is 7.99. The fraction of sp³-hybridized carbons (Fsp3) is 0.231. The van der Waals surface area contributed by atoms with Crippen molar-refractivity contribution in [2.75, 3.05) is 4.90 Å². The van der Waals surface area contributed by atoms with Gasteiger partial charge >= 0.3 is 0 Å². The van der Waals surface area contributed by atoms with Crippen LogP contribution >= 0.6 is 0 Å². The number of aliphatic hydroxyl groups excluding tert-OH is 1. The normalized spacial score (nSPS) is 18.4. The molecule has 0 radical (unpaired) electrons. The molecule has 1 fully saturated rings. The first-order valence-corrected chi connectivity index (χ1v) is 10.3. The summed E-state index contributed by atoms with van der Waals surface area (Å²) in [5.41, 5.74) is 2.31. The molecule has 1 atom stereocenters. The molecule has 0 saturated carbocycles. The van der Waals surface area contributed by atoms with Crippen molar-refractivity contribution in [1.29, 1.82) is 0 Å². The highest BCUT2D eigenvalue weighted by Crippen LogP contribution is 2.43.